The summed E-state index contributed by atoms with van der Waals surface area (Å²) in [5.41, 5.74) is 0.680. The third-order valence-electron chi connectivity index (χ3n) is 3.28. The normalized spacial score (nSPS) is 21.1. The highest BCUT2D eigenvalue weighted by Gasteiger charge is 2.24. The fourth-order valence-corrected chi connectivity index (χ4v) is 2.24. The van der Waals surface area contributed by atoms with Crippen molar-refractivity contribution >= 4 is 11.9 Å². The van der Waals surface area contributed by atoms with Crippen molar-refractivity contribution in [3.63, 3.8) is 0 Å². The molecular weight excluding hydrogens is 232 g/mol. The number of nitrogens with zero attached hydrogens (tertiary/aromatic N) is 4. The highest BCUT2D eigenvalue weighted by Crippen LogP contribution is 2.17. The van der Waals surface area contributed by atoms with Crippen molar-refractivity contribution in [2.75, 3.05) is 31.6 Å². The predicted octanol–water partition coefficient (Wildman–Crippen LogP) is 0.624. The number of aromatic nitrogens is 2. The second kappa shape index (κ2) is 4.89. The van der Waals surface area contributed by atoms with Gasteiger partial charge in [0.15, 0.2) is 0 Å². The maximum Gasteiger partial charge on any atom is 0.339 e. The van der Waals surface area contributed by atoms with Crippen LogP contribution in [0, 0.1) is 6.92 Å². The Balaban J connectivity index is 2.24. The van der Waals surface area contributed by atoms with Crippen molar-refractivity contribution in [1.29, 1.82) is 0 Å². The zero-order chi connectivity index (χ0) is 13.3. The zero-order valence-corrected chi connectivity index (χ0v) is 10.9. The average molecular weight is 250 g/mol. The van der Waals surface area contributed by atoms with Crippen LogP contribution in [0.5, 0.6) is 0 Å². The van der Waals surface area contributed by atoms with Gasteiger partial charge in [-0.25, -0.2) is 14.8 Å². The molecule has 1 aromatic heterocycles. The monoisotopic (exact) mass is 250 g/mol. The van der Waals surface area contributed by atoms with Crippen LogP contribution >= 0.6 is 0 Å². The van der Waals surface area contributed by atoms with E-state index in [9.17, 15) is 4.79 Å². The second-order valence-corrected chi connectivity index (χ2v) is 4.78. The van der Waals surface area contributed by atoms with E-state index in [1.165, 1.54) is 6.20 Å². The molecule has 6 nitrogen and oxygen atoms in total. The van der Waals surface area contributed by atoms with Crippen LogP contribution in [0.2, 0.25) is 0 Å². The van der Waals surface area contributed by atoms with E-state index < -0.39 is 5.97 Å². The van der Waals surface area contributed by atoms with Gasteiger partial charge >= 0.3 is 5.97 Å². The Hall–Kier alpha value is -1.69. The Labute approximate surface area is 106 Å². The summed E-state index contributed by atoms with van der Waals surface area (Å²) in [7, 11) is 2.09. The van der Waals surface area contributed by atoms with Crippen molar-refractivity contribution in [1.82, 2.24) is 14.9 Å². The third kappa shape index (κ3) is 2.43. The Kier molecular flexibility index (Phi) is 3.47. The molecule has 1 aromatic rings. The fourth-order valence-electron chi connectivity index (χ4n) is 2.24. The largest absolute Gasteiger partial charge is 0.478 e. The highest BCUT2D eigenvalue weighted by atomic mass is 16.4. The van der Waals surface area contributed by atoms with Crippen LogP contribution in [0.4, 0.5) is 5.95 Å². The molecule has 1 aliphatic heterocycles. The summed E-state index contributed by atoms with van der Waals surface area (Å²) in [6, 6.07) is 0.332. The standard InChI is InChI=1S/C12H18N4O2/c1-8-7-15(3)4-5-16(8)12-13-6-10(11(17)18)9(2)14-12/h6,8H,4-5,7H2,1-3H3,(H,17,18). The molecule has 1 saturated heterocycles. The summed E-state index contributed by atoms with van der Waals surface area (Å²) in [6.07, 6.45) is 1.39. The molecule has 6 heteroatoms. The first-order valence-corrected chi connectivity index (χ1v) is 6.01. The first-order valence-electron chi connectivity index (χ1n) is 6.01. The fraction of sp³-hybridized carbons (Fsp3) is 0.583. The Morgan fingerprint density at radius 3 is 2.78 bits per heavy atom. The molecule has 1 atom stereocenters. The van der Waals surface area contributed by atoms with Gasteiger partial charge in [0.2, 0.25) is 5.95 Å². The molecule has 0 aliphatic carbocycles. The minimum absolute atomic E-state index is 0.167. The van der Waals surface area contributed by atoms with Crippen molar-refractivity contribution in [3.05, 3.63) is 17.5 Å². The van der Waals surface area contributed by atoms with Crippen LogP contribution < -0.4 is 4.90 Å². The molecule has 2 heterocycles. The van der Waals surface area contributed by atoms with Gasteiger partial charge in [-0.2, -0.15) is 0 Å². The highest BCUT2D eigenvalue weighted by molar-refractivity contribution is 5.88. The number of carboxylic acid groups (broad SMARTS) is 1. The van der Waals surface area contributed by atoms with E-state index in [1.807, 2.05) is 0 Å². The number of carboxylic acids is 1. The van der Waals surface area contributed by atoms with E-state index in [1.54, 1.807) is 6.92 Å². The summed E-state index contributed by atoms with van der Waals surface area (Å²) in [4.78, 5) is 23.8. The number of aryl methyl sites for hydroxylation is 1. The second-order valence-electron chi connectivity index (χ2n) is 4.78. The van der Waals surface area contributed by atoms with Gasteiger partial charge in [0, 0.05) is 31.9 Å². The Morgan fingerprint density at radius 2 is 2.22 bits per heavy atom. The van der Waals surface area contributed by atoms with E-state index in [-0.39, 0.29) is 5.56 Å². The first-order chi connectivity index (χ1) is 8.49. The van der Waals surface area contributed by atoms with Crippen molar-refractivity contribution in [3.8, 4) is 0 Å². The van der Waals surface area contributed by atoms with E-state index in [0.717, 1.165) is 19.6 Å². The minimum atomic E-state index is -0.981. The lowest BCUT2D eigenvalue weighted by Crippen LogP contribution is -2.51. The third-order valence-corrected chi connectivity index (χ3v) is 3.28. The zero-order valence-electron chi connectivity index (χ0n) is 10.9. The molecular formula is C12H18N4O2. The minimum Gasteiger partial charge on any atom is -0.478 e. The molecule has 0 radical (unpaired) electrons. The maximum absolute atomic E-state index is 10.9. The van der Waals surface area contributed by atoms with Crippen molar-refractivity contribution in [2.45, 2.75) is 19.9 Å². The van der Waals surface area contributed by atoms with Crippen LogP contribution in [0.3, 0.4) is 0 Å². The topological polar surface area (TPSA) is 69.6 Å². The predicted molar refractivity (Wildman–Crippen MR) is 68.0 cm³/mol. The van der Waals surface area contributed by atoms with Crippen molar-refractivity contribution < 1.29 is 9.90 Å². The molecule has 0 spiro atoms. The van der Waals surface area contributed by atoms with Crippen LogP contribution in [-0.2, 0) is 0 Å². The van der Waals surface area contributed by atoms with Gasteiger partial charge in [0.05, 0.1) is 11.3 Å². The van der Waals surface area contributed by atoms with Gasteiger partial charge in [-0.05, 0) is 20.9 Å². The van der Waals surface area contributed by atoms with Crippen molar-refractivity contribution in [2.24, 2.45) is 0 Å². The molecule has 0 aromatic carbocycles. The number of rotatable bonds is 2. The van der Waals surface area contributed by atoms with Gasteiger partial charge in [0.1, 0.15) is 0 Å². The van der Waals surface area contributed by atoms with E-state index in [2.05, 4.69) is 33.7 Å². The number of piperazine rings is 1. The Morgan fingerprint density at radius 1 is 1.50 bits per heavy atom. The number of likely N-dealkylation sites (N-methyl/N-ethyl adjacent to an activating group) is 1. The number of hydrogen-bond acceptors (Lipinski definition) is 5. The molecule has 0 bridgehead atoms. The molecule has 18 heavy (non-hydrogen) atoms. The summed E-state index contributed by atoms with van der Waals surface area (Å²) >= 11 is 0. The van der Waals surface area contributed by atoms with Crippen LogP contribution in [-0.4, -0.2) is 58.7 Å². The molecule has 1 aliphatic rings. The van der Waals surface area contributed by atoms with Crippen LogP contribution in [0.15, 0.2) is 6.20 Å². The SMILES string of the molecule is Cc1nc(N2CCN(C)CC2C)ncc1C(=O)O. The molecule has 98 valence electrons. The molecule has 1 unspecified atom stereocenters. The smallest absolute Gasteiger partial charge is 0.339 e. The average Bonchev–Trinajstić information content (AvgIpc) is 2.28. The summed E-state index contributed by atoms with van der Waals surface area (Å²) < 4.78 is 0. The van der Waals surface area contributed by atoms with Gasteiger partial charge < -0.3 is 14.9 Å². The lowest BCUT2D eigenvalue weighted by Gasteiger charge is -2.38. The lowest BCUT2D eigenvalue weighted by molar-refractivity contribution is 0.0695. The van der Waals surface area contributed by atoms with Gasteiger partial charge in [-0.3, -0.25) is 0 Å². The summed E-state index contributed by atoms with van der Waals surface area (Å²) in [5, 5.41) is 8.95. The quantitative estimate of drug-likeness (QED) is 0.830. The Bertz CT molecular complexity index is 463. The van der Waals surface area contributed by atoms with Gasteiger partial charge in [-0.1, -0.05) is 0 Å². The first kappa shape index (κ1) is 12.8. The molecule has 0 saturated carbocycles. The van der Waals surface area contributed by atoms with Gasteiger partial charge in [-0.15, -0.1) is 0 Å². The van der Waals surface area contributed by atoms with E-state index in [0.29, 0.717) is 17.7 Å². The molecule has 2 rings (SSSR count). The number of hydrogen-bond donors (Lipinski definition) is 1. The lowest BCUT2D eigenvalue weighted by atomic mass is 10.2. The van der Waals surface area contributed by atoms with E-state index >= 15 is 0 Å². The van der Waals surface area contributed by atoms with Crippen LogP contribution in [0.1, 0.15) is 23.0 Å². The molecule has 1 fully saturated rings. The number of carbonyl (C=O) groups is 1. The van der Waals surface area contributed by atoms with Gasteiger partial charge in [0.25, 0.3) is 0 Å². The maximum atomic E-state index is 10.9. The van der Waals surface area contributed by atoms with E-state index in [4.69, 9.17) is 5.11 Å². The molecule has 1 N–H and O–H groups in total. The summed E-state index contributed by atoms with van der Waals surface area (Å²) in [5.74, 6) is -0.358. The summed E-state index contributed by atoms with van der Waals surface area (Å²) in [6.45, 7) is 6.62. The number of anilines is 1. The number of aromatic carboxylic acids is 1. The molecule has 0 amide bonds. The van der Waals surface area contributed by atoms with Crippen LogP contribution in [0.25, 0.3) is 0 Å².